The summed E-state index contributed by atoms with van der Waals surface area (Å²) in [4.78, 5) is 9.78. The van der Waals surface area contributed by atoms with Crippen LogP contribution in [0.2, 0.25) is 0 Å². The molecule has 1 aromatic carbocycles. The lowest BCUT2D eigenvalue weighted by molar-refractivity contribution is -0.387. The summed E-state index contributed by atoms with van der Waals surface area (Å²) in [5.41, 5.74) is 6.52. The van der Waals surface area contributed by atoms with E-state index in [1.54, 1.807) is 6.08 Å². The summed E-state index contributed by atoms with van der Waals surface area (Å²) in [5, 5.41) is 10.5. The first-order valence-corrected chi connectivity index (χ1v) is 4.92. The van der Waals surface area contributed by atoms with Crippen LogP contribution in [0.25, 0.3) is 6.08 Å². The van der Waals surface area contributed by atoms with E-state index in [9.17, 15) is 14.5 Å². The normalized spacial score (nSPS) is 11.6. The molecule has 0 fully saturated rings. The second kappa shape index (κ2) is 5.37. The Labute approximate surface area is 92.7 Å². The van der Waals surface area contributed by atoms with Crippen molar-refractivity contribution in [3.63, 3.8) is 0 Å². The topological polar surface area (TPSA) is 69.2 Å². The van der Waals surface area contributed by atoms with E-state index in [2.05, 4.69) is 0 Å². The summed E-state index contributed by atoms with van der Waals surface area (Å²) in [6.07, 6.45) is 2.51. The third-order valence-corrected chi connectivity index (χ3v) is 2.25. The average molecular weight is 224 g/mol. The van der Waals surface area contributed by atoms with Crippen LogP contribution in [0.15, 0.2) is 23.8 Å². The molecule has 0 amide bonds. The quantitative estimate of drug-likeness (QED) is 0.631. The van der Waals surface area contributed by atoms with Crippen molar-refractivity contribution in [2.45, 2.75) is 13.3 Å². The summed E-state index contributed by atoms with van der Waals surface area (Å²) in [7, 11) is 0. The van der Waals surface area contributed by atoms with Crippen molar-refractivity contribution in [2.24, 2.45) is 5.73 Å². The van der Waals surface area contributed by atoms with Crippen LogP contribution in [0.4, 0.5) is 10.1 Å². The Hall–Kier alpha value is -1.75. The van der Waals surface area contributed by atoms with Crippen LogP contribution in [0.5, 0.6) is 0 Å². The molecule has 0 atom stereocenters. The third-order valence-electron chi connectivity index (χ3n) is 2.25. The maximum Gasteiger partial charge on any atom is 0.305 e. The molecule has 86 valence electrons. The van der Waals surface area contributed by atoms with Crippen LogP contribution < -0.4 is 5.73 Å². The van der Waals surface area contributed by atoms with Gasteiger partial charge >= 0.3 is 5.69 Å². The molecule has 0 spiro atoms. The monoisotopic (exact) mass is 224 g/mol. The lowest BCUT2D eigenvalue weighted by Gasteiger charge is -2.01. The van der Waals surface area contributed by atoms with Gasteiger partial charge in [-0.3, -0.25) is 10.1 Å². The van der Waals surface area contributed by atoms with Gasteiger partial charge in [-0.2, -0.15) is 4.39 Å². The van der Waals surface area contributed by atoms with Crippen molar-refractivity contribution in [1.29, 1.82) is 0 Å². The summed E-state index contributed by atoms with van der Waals surface area (Å²) in [5.74, 6) is -0.826. The van der Waals surface area contributed by atoms with Crippen molar-refractivity contribution in [2.75, 3.05) is 6.54 Å². The van der Waals surface area contributed by atoms with Crippen LogP contribution in [0, 0.1) is 15.9 Å². The van der Waals surface area contributed by atoms with Gasteiger partial charge in [0.15, 0.2) is 0 Å². The van der Waals surface area contributed by atoms with Crippen molar-refractivity contribution >= 4 is 11.8 Å². The molecule has 16 heavy (non-hydrogen) atoms. The van der Waals surface area contributed by atoms with Gasteiger partial charge in [0.2, 0.25) is 5.82 Å². The molecule has 0 aliphatic carbocycles. The predicted octanol–water partition coefficient (Wildman–Crippen LogP) is 2.49. The Morgan fingerprint density at radius 2 is 2.31 bits per heavy atom. The van der Waals surface area contributed by atoms with Gasteiger partial charge in [0.1, 0.15) is 0 Å². The number of nitro groups is 1. The zero-order chi connectivity index (χ0) is 12.1. The van der Waals surface area contributed by atoms with E-state index >= 15 is 0 Å². The average Bonchev–Trinajstić information content (AvgIpc) is 2.27. The summed E-state index contributed by atoms with van der Waals surface area (Å²) in [6, 6.07) is 3.79. The van der Waals surface area contributed by atoms with Gasteiger partial charge < -0.3 is 5.73 Å². The number of hydrogen-bond donors (Lipinski definition) is 1. The highest BCUT2D eigenvalue weighted by Gasteiger charge is 2.13. The van der Waals surface area contributed by atoms with Crippen LogP contribution >= 0.6 is 0 Å². The molecule has 0 saturated heterocycles. The number of nitro benzene ring substituents is 1. The SMILES string of the molecule is CC/C(=C/c1ccc(F)c([N+](=O)[O-])c1)CN. The fourth-order valence-electron chi connectivity index (χ4n) is 1.30. The number of rotatable bonds is 4. The van der Waals surface area contributed by atoms with E-state index in [0.29, 0.717) is 12.1 Å². The van der Waals surface area contributed by atoms with Gasteiger partial charge in [0.05, 0.1) is 4.92 Å². The highest BCUT2D eigenvalue weighted by molar-refractivity contribution is 5.56. The fraction of sp³-hybridized carbons (Fsp3) is 0.273. The van der Waals surface area contributed by atoms with Crippen molar-refractivity contribution in [3.05, 3.63) is 45.3 Å². The number of nitrogens with zero attached hydrogens (tertiary/aromatic N) is 1. The minimum absolute atomic E-state index is 0.391. The number of benzene rings is 1. The highest BCUT2D eigenvalue weighted by atomic mass is 19.1. The lowest BCUT2D eigenvalue weighted by Crippen LogP contribution is -2.01. The summed E-state index contributed by atoms with van der Waals surface area (Å²) in [6.45, 7) is 2.33. The van der Waals surface area contributed by atoms with Crippen LogP contribution in [0.1, 0.15) is 18.9 Å². The van der Waals surface area contributed by atoms with E-state index in [0.717, 1.165) is 18.1 Å². The molecule has 5 heteroatoms. The van der Waals surface area contributed by atoms with Gasteiger partial charge in [0, 0.05) is 12.6 Å². The molecule has 0 bridgehead atoms. The maximum absolute atomic E-state index is 13.0. The molecule has 0 aliphatic heterocycles. The predicted molar refractivity (Wildman–Crippen MR) is 60.4 cm³/mol. The smallest absolute Gasteiger partial charge is 0.305 e. The van der Waals surface area contributed by atoms with E-state index in [4.69, 9.17) is 5.73 Å². The Kier molecular flexibility index (Phi) is 4.13. The van der Waals surface area contributed by atoms with Crippen LogP contribution in [0.3, 0.4) is 0 Å². The van der Waals surface area contributed by atoms with Gasteiger partial charge in [-0.05, 0) is 18.1 Å². The minimum Gasteiger partial charge on any atom is -0.327 e. The molecular weight excluding hydrogens is 211 g/mol. The Morgan fingerprint density at radius 1 is 1.62 bits per heavy atom. The zero-order valence-corrected chi connectivity index (χ0v) is 8.94. The van der Waals surface area contributed by atoms with Crippen molar-refractivity contribution in [1.82, 2.24) is 0 Å². The van der Waals surface area contributed by atoms with Crippen molar-refractivity contribution in [3.8, 4) is 0 Å². The molecular formula is C11H13FN2O2. The van der Waals surface area contributed by atoms with E-state index < -0.39 is 16.4 Å². The lowest BCUT2D eigenvalue weighted by atomic mass is 10.1. The third kappa shape index (κ3) is 2.87. The molecule has 0 unspecified atom stereocenters. The largest absolute Gasteiger partial charge is 0.327 e. The summed E-state index contributed by atoms with van der Waals surface area (Å²) >= 11 is 0. The Bertz CT molecular complexity index is 424. The van der Waals surface area contributed by atoms with Crippen molar-refractivity contribution < 1.29 is 9.31 Å². The minimum atomic E-state index is -0.826. The van der Waals surface area contributed by atoms with Gasteiger partial charge in [0.25, 0.3) is 0 Å². The first-order chi connectivity index (χ1) is 7.58. The number of nitrogens with two attached hydrogens (primary N) is 1. The number of halogens is 1. The van der Waals surface area contributed by atoms with Crippen LogP contribution in [-0.4, -0.2) is 11.5 Å². The maximum atomic E-state index is 13.0. The second-order valence-corrected chi connectivity index (χ2v) is 3.33. The summed E-state index contributed by atoms with van der Waals surface area (Å²) < 4.78 is 13.0. The van der Waals surface area contributed by atoms with Gasteiger partial charge in [-0.1, -0.05) is 24.6 Å². The highest BCUT2D eigenvalue weighted by Crippen LogP contribution is 2.20. The standard InChI is InChI=1S/C11H13FN2O2/c1-2-8(7-13)5-9-3-4-10(12)11(6-9)14(15)16/h3-6H,2,7,13H2,1H3/b8-5-. The molecule has 4 nitrogen and oxygen atoms in total. The molecule has 2 N–H and O–H groups in total. The molecule has 0 aliphatic rings. The molecule has 0 aromatic heterocycles. The van der Waals surface area contributed by atoms with E-state index in [1.807, 2.05) is 6.92 Å². The zero-order valence-electron chi connectivity index (χ0n) is 8.94. The van der Waals surface area contributed by atoms with E-state index in [1.165, 1.54) is 12.1 Å². The Balaban J connectivity index is 3.12. The second-order valence-electron chi connectivity index (χ2n) is 3.33. The van der Waals surface area contributed by atoms with Gasteiger partial charge in [-0.25, -0.2) is 0 Å². The van der Waals surface area contributed by atoms with Gasteiger partial charge in [-0.15, -0.1) is 0 Å². The molecule has 0 saturated carbocycles. The molecule has 1 rings (SSSR count). The molecule has 0 heterocycles. The molecule has 0 radical (unpaired) electrons. The Morgan fingerprint density at radius 3 is 2.81 bits per heavy atom. The van der Waals surface area contributed by atoms with Crippen LogP contribution in [-0.2, 0) is 0 Å². The molecule has 1 aromatic rings. The first kappa shape index (κ1) is 12.3. The first-order valence-electron chi connectivity index (χ1n) is 4.92. The van der Waals surface area contributed by atoms with E-state index in [-0.39, 0.29) is 0 Å². The fourth-order valence-corrected chi connectivity index (χ4v) is 1.30. The number of hydrogen-bond acceptors (Lipinski definition) is 3.